The summed E-state index contributed by atoms with van der Waals surface area (Å²) in [6, 6.07) is 10.5. The number of anilines is 1. The van der Waals surface area contributed by atoms with E-state index in [1.165, 1.54) is 18.3 Å². The average molecular weight is 506 g/mol. The predicted octanol–water partition coefficient (Wildman–Crippen LogP) is 3.20. The maximum atomic E-state index is 13.8. The third-order valence-electron chi connectivity index (χ3n) is 5.93. The number of rotatable bonds is 4. The van der Waals surface area contributed by atoms with Gasteiger partial charge < -0.3 is 10.6 Å². The number of pyridine rings is 1. The standard InChI is InChI=1S/C26H22F3N7O/c27-26(28,29)22-4-1-3-20(21(22)17-35-13-11-30-12-14-35)25(37)34-23-15-18(8-10-31-23)6-7-19-16-32-24-5-2-9-33-36(19)24/h1-5,8-10,15-16,30H,11-14,17H2,(H,31,34,37). The lowest BCUT2D eigenvalue weighted by molar-refractivity contribution is -0.138. The van der Waals surface area contributed by atoms with Crippen molar-refractivity contribution in [3.8, 4) is 11.8 Å². The van der Waals surface area contributed by atoms with Gasteiger partial charge in [0, 0.05) is 56.2 Å². The van der Waals surface area contributed by atoms with Crippen molar-refractivity contribution in [2.45, 2.75) is 12.7 Å². The van der Waals surface area contributed by atoms with Crippen LogP contribution in [-0.2, 0) is 12.7 Å². The van der Waals surface area contributed by atoms with E-state index in [1.54, 1.807) is 35.1 Å². The number of carbonyl (C=O) groups is 1. The minimum atomic E-state index is -4.58. The Labute approximate surface area is 210 Å². The number of amides is 1. The summed E-state index contributed by atoms with van der Waals surface area (Å²) in [6.07, 6.45) is 0.122. The Hall–Kier alpha value is -4.27. The van der Waals surface area contributed by atoms with Crippen molar-refractivity contribution in [2.75, 3.05) is 31.5 Å². The van der Waals surface area contributed by atoms with Crippen LogP contribution in [0.4, 0.5) is 19.0 Å². The molecule has 0 unspecified atom stereocenters. The van der Waals surface area contributed by atoms with Crippen molar-refractivity contribution in [3.05, 3.63) is 89.0 Å². The largest absolute Gasteiger partial charge is 0.416 e. The number of piperazine rings is 1. The monoisotopic (exact) mass is 505 g/mol. The molecule has 5 rings (SSSR count). The van der Waals surface area contributed by atoms with Gasteiger partial charge >= 0.3 is 6.18 Å². The highest BCUT2D eigenvalue weighted by atomic mass is 19.4. The summed E-state index contributed by atoms with van der Waals surface area (Å²) in [6.45, 7) is 2.57. The summed E-state index contributed by atoms with van der Waals surface area (Å²) in [7, 11) is 0. The van der Waals surface area contributed by atoms with Crippen molar-refractivity contribution in [1.29, 1.82) is 0 Å². The zero-order valence-corrected chi connectivity index (χ0v) is 19.6. The Kier molecular flexibility index (Phi) is 6.85. The molecular formula is C26H22F3N7O. The zero-order valence-electron chi connectivity index (χ0n) is 19.6. The molecule has 0 aliphatic carbocycles. The van der Waals surface area contributed by atoms with Gasteiger partial charge in [-0.25, -0.2) is 14.5 Å². The minimum Gasteiger partial charge on any atom is -0.314 e. The number of hydrogen-bond acceptors (Lipinski definition) is 6. The third-order valence-corrected chi connectivity index (χ3v) is 5.93. The van der Waals surface area contributed by atoms with Crippen molar-refractivity contribution in [3.63, 3.8) is 0 Å². The number of hydrogen-bond donors (Lipinski definition) is 2. The number of nitrogens with zero attached hydrogens (tertiary/aromatic N) is 5. The Morgan fingerprint density at radius 2 is 1.89 bits per heavy atom. The van der Waals surface area contributed by atoms with Crippen molar-refractivity contribution in [2.24, 2.45) is 0 Å². The molecule has 8 nitrogen and oxygen atoms in total. The van der Waals surface area contributed by atoms with E-state index in [4.69, 9.17) is 0 Å². The summed E-state index contributed by atoms with van der Waals surface area (Å²) in [4.78, 5) is 23.4. The molecule has 4 heterocycles. The van der Waals surface area contributed by atoms with Gasteiger partial charge in [-0.3, -0.25) is 9.69 Å². The highest BCUT2D eigenvalue weighted by Gasteiger charge is 2.35. The van der Waals surface area contributed by atoms with Gasteiger partial charge in [0.1, 0.15) is 11.5 Å². The molecule has 1 amide bonds. The quantitative estimate of drug-likeness (QED) is 0.415. The van der Waals surface area contributed by atoms with Crippen LogP contribution >= 0.6 is 0 Å². The molecule has 0 radical (unpaired) electrons. The van der Waals surface area contributed by atoms with Gasteiger partial charge in [-0.05, 0) is 47.9 Å². The zero-order chi connectivity index (χ0) is 25.8. The molecule has 3 aromatic heterocycles. The van der Waals surface area contributed by atoms with Crippen LogP contribution in [0.5, 0.6) is 0 Å². The smallest absolute Gasteiger partial charge is 0.314 e. The highest BCUT2D eigenvalue weighted by molar-refractivity contribution is 6.05. The molecule has 37 heavy (non-hydrogen) atoms. The van der Waals surface area contributed by atoms with Gasteiger partial charge in [-0.15, -0.1) is 0 Å². The van der Waals surface area contributed by atoms with E-state index in [2.05, 4.69) is 37.5 Å². The normalized spacial score (nSPS) is 14.2. The van der Waals surface area contributed by atoms with Gasteiger partial charge in [0.2, 0.25) is 0 Å². The highest BCUT2D eigenvalue weighted by Crippen LogP contribution is 2.34. The molecule has 1 aliphatic heterocycles. The molecule has 0 spiro atoms. The molecule has 188 valence electrons. The summed E-state index contributed by atoms with van der Waals surface area (Å²) >= 11 is 0. The fraction of sp³-hybridized carbons (Fsp3) is 0.231. The molecule has 0 bridgehead atoms. The second-order valence-corrected chi connectivity index (χ2v) is 8.43. The van der Waals surface area contributed by atoms with Crippen LogP contribution in [0.2, 0.25) is 0 Å². The Morgan fingerprint density at radius 1 is 1.05 bits per heavy atom. The van der Waals surface area contributed by atoms with Crippen LogP contribution in [0.3, 0.4) is 0 Å². The van der Waals surface area contributed by atoms with Crippen LogP contribution in [0, 0.1) is 11.8 Å². The Balaban J connectivity index is 1.40. The van der Waals surface area contributed by atoms with Crippen LogP contribution in [0.25, 0.3) is 5.65 Å². The van der Waals surface area contributed by atoms with E-state index in [0.29, 0.717) is 43.1 Å². The van der Waals surface area contributed by atoms with Crippen molar-refractivity contribution < 1.29 is 18.0 Å². The summed E-state index contributed by atoms with van der Waals surface area (Å²) in [5.41, 5.74) is 0.898. The van der Waals surface area contributed by atoms with Gasteiger partial charge in [0.25, 0.3) is 5.91 Å². The Morgan fingerprint density at radius 3 is 2.70 bits per heavy atom. The molecule has 1 aliphatic rings. The maximum Gasteiger partial charge on any atom is 0.416 e. The van der Waals surface area contributed by atoms with Crippen LogP contribution in [0.1, 0.15) is 32.7 Å². The van der Waals surface area contributed by atoms with E-state index in [1.807, 2.05) is 11.0 Å². The molecule has 1 saturated heterocycles. The predicted molar refractivity (Wildman–Crippen MR) is 131 cm³/mol. The number of alkyl halides is 3. The molecule has 4 aromatic rings. The first-order valence-corrected chi connectivity index (χ1v) is 11.6. The van der Waals surface area contributed by atoms with Crippen LogP contribution < -0.4 is 10.6 Å². The van der Waals surface area contributed by atoms with E-state index in [0.717, 1.165) is 6.07 Å². The summed E-state index contributed by atoms with van der Waals surface area (Å²) in [5.74, 6) is 5.48. The van der Waals surface area contributed by atoms with E-state index >= 15 is 0 Å². The Bertz CT molecular complexity index is 1500. The van der Waals surface area contributed by atoms with Gasteiger partial charge in [0.15, 0.2) is 5.65 Å². The van der Waals surface area contributed by atoms with Crippen molar-refractivity contribution >= 4 is 17.4 Å². The number of fused-ring (bicyclic) bond motifs is 1. The third kappa shape index (κ3) is 5.61. The fourth-order valence-corrected chi connectivity index (χ4v) is 4.14. The first-order valence-electron chi connectivity index (χ1n) is 11.6. The van der Waals surface area contributed by atoms with E-state index in [9.17, 15) is 18.0 Å². The number of imidazole rings is 1. The SMILES string of the molecule is O=C(Nc1cc(C#Cc2cnc3cccnn23)ccn1)c1cccc(C(F)(F)F)c1CN1CCNCC1. The lowest BCUT2D eigenvalue weighted by Crippen LogP contribution is -2.43. The molecule has 11 heteroatoms. The fourth-order valence-electron chi connectivity index (χ4n) is 4.14. The first-order chi connectivity index (χ1) is 17.9. The van der Waals surface area contributed by atoms with Gasteiger partial charge in [-0.1, -0.05) is 12.0 Å². The van der Waals surface area contributed by atoms with E-state index in [-0.39, 0.29) is 23.5 Å². The molecule has 1 aromatic carbocycles. The number of carbonyl (C=O) groups excluding carboxylic acids is 1. The maximum absolute atomic E-state index is 13.8. The number of nitrogens with one attached hydrogen (secondary N) is 2. The topological polar surface area (TPSA) is 87.5 Å². The van der Waals surface area contributed by atoms with Gasteiger partial charge in [-0.2, -0.15) is 18.3 Å². The molecule has 1 fully saturated rings. The summed E-state index contributed by atoms with van der Waals surface area (Å²) in [5, 5.41) is 10.0. The molecule has 0 atom stereocenters. The van der Waals surface area contributed by atoms with Crippen LogP contribution in [-0.4, -0.2) is 56.6 Å². The molecular weight excluding hydrogens is 483 g/mol. The minimum absolute atomic E-state index is 0.0202. The summed E-state index contributed by atoms with van der Waals surface area (Å²) < 4.78 is 43.1. The lowest BCUT2D eigenvalue weighted by atomic mass is 9.98. The number of aromatic nitrogens is 4. The van der Waals surface area contributed by atoms with E-state index < -0.39 is 17.6 Å². The molecule has 2 N–H and O–H groups in total. The number of halogens is 3. The lowest BCUT2D eigenvalue weighted by Gasteiger charge is -2.29. The average Bonchev–Trinajstić information content (AvgIpc) is 3.31. The van der Waals surface area contributed by atoms with Crippen molar-refractivity contribution in [1.82, 2.24) is 29.8 Å². The number of benzene rings is 1. The first kappa shape index (κ1) is 24.4. The van der Waals surface area contributed by atoms with Gasteiger partial charge in [0.05, 0.1) is 11.8 Å². The second kappa shape index (κ2) is 10.4. The molecule has 0 saturated carbocycles. The van der Waals surface area contributed by atoms with Crippen LogP contribution in [0.15, 0.2) is 61.1 Å². The second-order valence-electron chi connectivity index (χ2n) is 8.43.